The summed E-state index contributed by atoms with van der Waals surface area (Å²) in [6.45, 7) is 8.32. The number of piperidine rings is 1. The van der Waals surface area contributed by atoms with Crippen LogP contribution in [-0.2, 0) is 22.6 Å². The van der Waals surface area contributed by atoms with Crippen LogP contribution in [0.1, 0.15) is 50.5 Å². The van der Waals surface area contributed by atoms with Crippen LogP contribution < -0.4 is 10.3 Å². The Hall–Kier alpha value is -2.36. The molecule has 9 heteroatoms. The van der Waals surface area contributed by atoms with Crippen LogP contribution in [0, 0.1) is 5.92 Å². The number of carbonyl (C=O) groups excluding carboxylic acids is 1. The van der Waals surface area contributed by atoms with Crippen molar-refractivity contribution in [3.05, 3.63) is 45.1 Å². The third-order valence-corrected chi connectivity index (χ3v) is 9.22. The topological polar surface area (TPSA) is 73.7 Å². The maximum atomic E-state index is 14.1. The second-order valence-electron chi connectivity index (χ2n) is 9.86. The number of methoxy groups -OCH3 is 1. The van der Waals surface area contributed by atoms with Gasteiger partial charge in [0.1, 0.15) is 10.6 Å². The van der Waals surface area contributed by atoms with Crippen LogP contribution in [0.15, 0.2) is 34.2 Å². The number of amides is 1. The minimum atomic E-state index is -0.347. The van der Waals surface area contributed by atoms with Gasteiger partial charge in [0.25, 0.3) is 5.56 Å². The molecule has 0 aliphatic carbocycles. The predicted octanol–water partition coefficient (Wildman–Crippen LogP) is 5.05. The van der Waals surface area contributed by atoms with E-state index in [4.69, 9.17) is 14.5 Å². The monoisotopic (exact) mass is 527 g/mol. The summed E-state index contributed by atoms with van der Waals surface area (Å²) in [5, 5.41) is 0.870. The van der Waals surface area contributed by atoms with Gasteiger partial charge in [-0.05, 0) is 61.9 Å². The molecular formula is C27H33N3O4S2. The molecule has 3 aromatic rings. The molecule has 1 aromatic carbocycles. The largest absolute Gasteiger partial charge is 0.497 e. The molecule has 4 heterocycles. The van der Waals surface area contributed by atoms with Crippen LogP contribution in [0.4, 0.5) is 0 Å². The Balaban J connectivity index is 1.60. The van der Waals surface area contributed by atoms with E-state index in [1.54, 1.807) is 11.7 Å². The van der Waals surface area contributed by atoms with Crippen molar-refractivity contribution in [2.75, 3.05) is 20.2 Å². The van der Waals surface area contributed by atoms with Crippen LogP contribution in [0.3, 0.4) is 0 Å². The first-order chi connectivity index (χ1) is 17.4. The molecule has 2 aliphatic rings. The third kappa shape index (κ3) is 4.80. The number of aromatic nitrogens is 2. The minimum absolute atomic E-state index is 0.0837. The Labute approximate surface area is 219 Å². The number of rotatable bonds is 6. The summed E-state index contributed by atoms with van der Waals surface area (Å²) in [6.07, 6.45) is 4.06. The Kier molecular flexibility index (Phi) is 7.42. The number of carbonyl (C=O) groups is 1. The smallest absolute Gasteiger partial charge is 0.267 e. The van der Waals surface area contributed by atoms with E-state index in [1.165, 1.54) is 29.5 Å². The van der Waals surface area contributed by atoms with Crippen molar-refractivity contribution in [2.24, 2.45) is 5.92 Å². The molecule has 7 nitrogen and oxygen atoms in total. The molecule has 192 valence electrons. The maximum Gasteiger partial charge on any atom is 0.267 e. The summed E-state index contributed by atoms with van der Waals surface area (Å²) in [5.41, 5.74) is 1.68. The first kappa shape index (κ1) is 25.3. The lowest BCUT2D eigenvalue weighted by Gasteiger charge is -2.29. The standard InChI is InChI=1S/C27H33N3O4S2/c1-16(2)21-14-20-22(15-34-21)36-24-23(20)26(32)30(18-8-10-19(33-4)11-9-18)27(28-24)35-17(3)25(31)29-12-6-5-7-13-29/h8-11,16-17,21H,5-7,12-15H2,1-4H3/t17-,21-/m1/s1. The molecule has 2 aliphatic heterocycles. The summed E-state index contributed by atoms with van der Waals surface area (Å²) in [5.74, 6) is 1.18. The highest BCUT2D eigenvalue weighted by Crippen LogP contribution is 2.37. The second-order valence-corrected chi connectivity index (χ2v) is 12.3. The van der Waals surface area contributed by atoms with Crippen molar-refractivity contribution in [2.45, 2.75) is 69.6 Å². The van der Waals surface area contributed by atoms with Crippen molar-refractivity contribution in [1.82, 2.24) is 14.5 Å². The summed E-state index contributed by atoms with van der Waals surface area (Å²) >= 11 is 2.90. The van der Waals surface area contributed by atoms with Crippen LogP contribution in [0.25, 0.3) is 15.9 Å². The molecule has 0 unspecified atom stereocenters. The van der Waals surface area contributed by atoms with Crippen LogP contribution in [0.5, 0.6) is 5.75 Å². The zero-order chi connectivity index (χ0) is 25.4. The fourth-order valence-electron chi connectivity index (χ4n) is 4.95. The van der Waals surface area contributed by atoms with Crippen LogP contribution >= 0.6 is 23.1 Å². The maximum absolute atomic E-state index is 14.1. The van der Waals surface area contributed by atoms with Crippen molar-refractivity contribution in [3.63, 3.8) is 0 Å². The van der Waals surface area contributed by atoms with Gasteiger partial charge in [-0.2, -0.15) is 0 Å². The molecule has 0 N–H and O–H groups in total. The number of benzene rings is 1. The molecule has 1 fully saturated rings. The summed E-state index contributed by atoms with van der Waals surface area (Å²) in [7, 11) is 1.62. The van der Waals surface area contributed by atoms with Gasteiger partial charge >= 0.3 is 0 Å². The molecule has 0 saturated carbocycles. The number of fused-ring (bicyclic) bond motifs is 3. The number of thiophene rings is 1. The minimum Gasteiger partial charge on any atom is -0.497 e. The first-order valence-corrected chi connectivity index (χ1v) is 14.4. The van der Waals surface area contributed by atoms with E-state index in [0.29, 0.717) is 40.9 Å². The SMILES string of the molecule is COc1ccc(-n2c(S[C@H](C)C(=O)N3CCCCC3)nc3sc4c(c3c2=O)C[C@H](C(C)C)OC4)cc1. The van der Waals surface area contributed by atoms with Gasteiger partial charge in [-0.1, -0.05) is 25.6 Å². The van der Waals surface area contributed by atoms with Crippen molar-refractivity contribution < 1.29 is 14.3 Å². The van der Waals surface area contributed by atoms with Crippen LogP contribution in [0.2, 0.25) is 0 Å². The van der Waals surface area contributed by atoms with E-state index in [9.17, 15) is 9.59 Å². The molecule has 1 saturated heterocycles. The van der Waals surface area contributed by atoms with Gasteiger partial charge < -0.3 is 14.4 Å². The van der Waals surface area contributed by atoms with Gasteiger partial charge in [-0.25, -0.2) is 4.98 Å². The predicted molar refractivity (Wildman–Crippen MR) is 145 cm³/mol. The average Bonchev–Trinajstić information content (AvgIpc) is 3.26. The molecular weight excluding hydrogens is 494 g/mol. The Morgan fingerprint density at radius 2 is 1.89 bits per heavy atom. The van der Waals surface area contributed by atoms with E-state index in [1.807, 2.05) is 36.1 Å². The van der Waals surface area contributed by atoms with Crippen molar-refractivity contribution in [3.8, 4) is 11.4 Å². The number of ether oxygens (including phenoxy) is 2. The Bertz CT molecular complexity index is 1310. The number of thioether (sulfide) groups is 1. The average molecular weight is 528 g/mol. The third-order valence-electron chi connectivity index (χ3n) is 7.08. The van der Waals surface area contributed by atoms with Crippen molar-refractivity contribution >= 4 is 39.2 Å². The van der Waals surface area contributed by atoms with E-state index < -0.39 is 0 Å². The van der Waals surface area contributed by atoms with Crippen LogP contribution in [-0.4, -0.2) is 51.9 Å². The molecule has 0 bridgehead atoms. The normalized spacial score (nSPS) is 18.9. The summed E-state index contributed by atoms with van der Waals surface area (Å²) < 4.78 is 13.1. The van der Waals surface area contributed by atoms with E-state index in [-0.39, 0.29) is 22.8 Å². The van der Waals surface area contributed by atoms with Gasteiger partial charge in [0.2, 0.25) is 5.91 Å². The number of hydrogen-bond acceptors (Lipinski definition) is 7. The molecule has 36 heavy (non-hydrogen) atoms. The highest BCUT2D eigenvalue weighted by Gasteiger charge is 2.30. The molecule has 0 radical (unpaired) electrons. The van der Waals surface area contributed by atoms with E-state index in [0.717, 1.165) is 41.2 Å². The lowest BCUT2D eigenvalue weighted by atomic mass is 9.96. The van der Waals surface area contributed by atoms with Gasteiger partial charge in [0.05, 0.1) is 36.1 Å². The zero-order valence-corrected chi connectivity index (χ0v) is 22.9. The molecule has 2 aromatic heterocycles. The van der Waals surface area contributed by atoms with Gasteiger partial charge in [0.15, 0.2) is 5.16 Å². The molecule has 5 rings (SSSR count). The highest BCUT2D eigenvalue weighted by atomic mass is 32.2. The summed E-state index contributed by atoms with van der Waals surface area (Å²) in [4.78, 5) is 36.0. The second kappa shape index (κ2) is 10.6. The van der Waals surface area contributed by atoms with E-state index in [2.05, 4.69) is 13.8 Å². The summed E-state index contributed by atoms with van der Waals surface area (Å²) in [6, 6.07) is 7.42. The Morgan fingerprint density at radius 3 is 2.56 bits per heavy atom. The zero-order valence-electron chi connectivity index (χ0n) is 21.3. The molecule has 0 spiro atoms. The first-order valence-electron chi connectivity index (χ1n) is 12.7. The molecule has 2 atom stereocenters. The quantitative estimate of drug-likeness (QED) is 0.330. The Morgan fingerprint density at radius 1 is 1.17 bits per heavy atom. The lowest BCUT2D eigenvalue weighted by Crippen LogP contribution is -2.40. The van der Waals surface area contributed by atoms with Gasteiger partial charge in [-0.3, -0.25) is 14.2 Å². The number of nitrogens with zero attached hydrogens (tertiary/aromatic N) is 3. The fraction of sp³-hybridized carbons (Fsp3) is 0.519. The van der Waals surface area contributed by atoms with E-state index >= 15 is 0 Å². The lowest BCUT2D eigenvalue weighted by molar-refractivity contribution is -0.131. The van der Waals surface area contributed by atoms with Gasteiger partial charge in [0, 0.05) is 24.4 Å². The van der Waals surface area contributed by atoms with Gasteiger partial charge in [-0.15, -0.1) is 11.3 Å². The fourth-order valence-corrected chi connectivity index (χ4v) is 7.13. The molecule has 1 amide bonds. The van der Waals surface area contributed by atoms with Crippen molar-refractivity contribution in [1.29, 1.82) is 0 Å². The highest BCUT2D eigenvalue weighted by molar-refractivity contribution is 8.00. The number of hydrogen-bond donors (Lipinski definition) is 0. The number of likely N-dealkylation sites (tertiary alicyclic amines) is 1.